The van der Waals surface area contributed by atoms with Gasteiger partial charge in [0.2, 0.25) is 0 Å². The second-order valence-electron chi connectivity index (χ2n) is 13.3. The van der Waals surface area contributed by atoms with Crippen molar-refractivity contribution in [2.24, 2.45) is 45.4 Å². The van der Waals surface area contributed by atoms with Crippen molar-refractivity contribution in [1.29, 1.82) is 0 Å². The topological polar surface area (TPSA) is 38.7 Å². The van der Waals surface area contributed by atoms with Crippen molar-refractivity contribution in [3.63, 3.8) is 0 Å². The molecular weight excluding hydrogens is 430 g/mol. The van der Waals surface area contributed by atoms with Gasteiger partial charge in [-0.3, -0.25) is 9.79 Å². The minimum Gasteiger partial charge on any atom is -0.462 e. The fourth-order valence-electron chi connectivity index (χ4n) is 9.49. The maximum absolute atomic E-state index is 12.5. The quantitative estimate of drug-likeness (QED) is 0.259. The van der Waals surface area contributed by atoms with Gasteiger partial charge in [0.25, 0.3) is 0 Å². The highest BCUT2D eigenvalue weighted by atomic mass is 16.5. The molecule has 0 saturated heterocycles. The minimum atomic E-state index is -0.0247. The number of hydrogen-bond donors (Lipinski definition) is 0. The molecule has 194 valence electrons. The average Bonchev–Trinajstić information content (AvgIpc) is 3.49. The predicted molar refractivity (Wildman–Crippen MR) is 144 cm³/mol. The Balaban J connectivity index is 1.22. The number of hydrogen-bond acceptors (Lipinski definition) is 3. The number of aliphatic imine (C=N–C) groups is 1. The number of allylic oxidation sites excluding steroid dienone is 2. The third-order valence-corrected chi connectivity index (χ3v) is 11.5. The zero-order valence-corrected chi connectivity index (χ0v) is 22.9. The molecule has 3 heteroatoms. The molecule has 3 fully saturated rings. The van der Waals surface area contributed by atoms with Crippen LogP contribution >= 0.6 is 0 Å². The van der Waals surface area contributed by atoms with E-state index in [1.54, 1.807) is 5.57 Å². The maximum Gasteiger partial charge on any atom is 0.306 e. The van der Waals surface area contributed by atoms with E-state index in [-0.39, 0.29) is 12.1 Å². The predicted octanol–water partition coefficient (Wildman–Crippen LogP) is 8.44. The zero-order valence-electron chi connectivity index (χ0n) is 22.9. The summed E-state index contributed by atoms with van der Waals surface area (Å²) < 4.78 is 5.99. The SMILES string of the molecule is CCCCC(C)C1CCC2C3CC=C4CC(OC(=O)CCC5=CN=CC5)CCC4(C)C3CCC12C. The number of ether oxygens (including phenoxy) is 1. The Hall–Kier alpha value is -1.38. The summed E-state index contributed by atoms with van der Waals surface area (Å²) in [5, 5.41) is 0. The molecule has 1 aliphatic heterocycles. The van der Waals surface area contributed by atoms with E-state index >= 15 is 0 Å². The fraction of sp³-hybridized carbons (Fsp3) is 0.812. The molecule has 0 spiro atoms. The van der Waals surface area contributed by atoms with Crippen molar-refractivity contribution in [3.05, 3.63) is 23.4 Å². The molecule has 5 aliphatic rings. The second kappa shape index (κ2) is 10.2. The van der Waals surface area contributed by atoms with E-state index in [1.807, 2.05) is 12.4 Å². The average molecular weight is 480 g/mol. The zero-order chi connectivity index (χ0) is 24.6. The van der Waals surface area contributed by atoms with Crippen molar-refractivity contribution < 1.29 is 9.53 Å². The van der Waals surface area contributed by atoms with Crippen LogP contribution in [0.4, 0.5) is 0 Å². The summed E-state index contributed by atoms with van der Waals surface area (Å²) in [6.07, 6.45) is 23.0. The van der Waals surface area contributed by atoms with Gasteiger partial charge < -0.3 is 4.74 Å². The number of carbonyl (C=O) groups is 1. The standard InChI is InChI=1S/C32H49NO2/c1-5-6-7-22(2)27-11-12-28-26-10-9-24-20-25(35-30(34)13-8-23-16-19-33-21-23)14-17-31(24,3)29(26)15-18-32(27,28)4/h9,19,21-22,25-29H,5-8,10-18,20H2,1-4H3. The highest BCUT2D eigenvalue weighted by Gasteiger charge is 2.59. The minimum absolute atomic E-state index is 0.0247. The van der Waals surface area contributed by atoms with Crippen molar-refractivity contribution >= 4 is 12.2 Å². The van der Waals surface area contributed by atoms with Gasteiger partial charge in [-0.25, -0.2) is 0 Å². The van der Waals surface area contributed by atoms with Crippen molar-refractivity contribution in [2.45, 2.75) is 124 Å². The van der Waals surface area contributed by atoms with E-state index < -0.39 is 0 Å². The lowest BCUT2D eigenvalue weighted by Crippen LogP contribution is -2.51. The molecule has 0 N–H and O–H groups in total. The van der Waals surface area contributed by atoms with Crippen LogP contribution in [0.2, 0.25) is 0 Å². The third kappa shape index (κ3) is 4.71. The summed E-state index contributed by atoms with van der Waals surface area (Å²) in [6, 6.07) is 0. The van der Waals surface area contributed by atoms with Crippen LogP contribution in [-0.4, -0.2) is 18.3 Å². The Morgan fingerprint density at radius 1 is 1.17 bits per heavy atom. The largest absolute Gasteiger partial charge is 0.462 e. The van der Waals surface area contributed by atoms with E-state index in [0.717, 1.165) is 55.3 Å². The van der Waals surface area contributed by atoms with E-state index in [9.17, 15) is 4.79 Å². The Bertz CT molecular complexity index is 886. The van der Waals surface area contributed by atoms with E-state index in [4.69, 9.17) is 4.74 Å². The molecular formula is C32H49NO2. The number of nitrogens with zero attached hydrogens (tertiary/aromatic N) is 1. The molecule has 3 saturated carbocycles. The van der Waals surface area contributed by atoms with Gasteiger partial charge in [0.15, 0.2) is 0 Å². The van der Waals surface area contributed by atoms with Gasteiger partial charge in [0.1, 0.15) is 6.10 Å². The molecule has 1 heterocycles. The van der Waals surface area contributed by atoms with E-state index in [0.29, 0.717) is 17.3 Å². The first-order chi connectivity index (χ1) is 16.8. The fourth-order valence-corrected chi connectivity index (χ4v) is 9.49. The number of unbranched alkanes of at least 4 members (excludes halogenated alkanes) is 1. The van der Waals surface area contributed by atoms with Gasteiger partial charge in [-0.05, 0) is 97.4 Å². The molecule has 8 atom stereocenters. The van der Waals surface area contributed by atoms with Gasteiger partial charge in [0.05, 0.1) is 0 Å². The van der Waals surface area contributed by atoms with Gasteiger partial charge in [-0.15, -0.1) is 0 Å². The van der Waals surface area contributed by atoms with Gasteiger partial charge in [-0.2, -0.15) is 0 Å². The molecule has 0 bridgehead atoms. The maximum atomic E-state index is 12.5. The van der Waals surface area contributed by atoms with Gasteiger partial charge in [-0.1, -0.05) is 58.6 Å². The van der Waals surface area contributed by atoms with Crippen LogP contribution in [0.1, 0.15) is 118 Å². The molecule has 0 aromatic heterocycles. The van der Waals surface area contributed by atoms with Gasteiger partial charge in [0, 0.05) is 31.7 Å². The first-order valence-corrected chi connectivity index (χ1v) is 14.9. The second-order valence-corrected chi connectivity index (χ2v) is 13.3. The van der Waals surface area contributed by atoms with E-state index in [1.165, 1.54) is 63.4 Å². The summed E-state index contributed by atoms with van der Waals surface area (Å²) in [5.41, 5.74) is 3.75. The van der Waals surface area contributed by atoms with Crippen LogP contribution in [-0.2, 0) is 9.53 Å². The van der Waals surface area contributed by atoms with Gasteiger partial charge >= 0.3 is 5.97 Å². The lowest BCUT2D eigenvalue weighted by atomic mass is 9.47. The number of carbonyl (C=O) groups excluding carboxylic acids is 1. The van der Waals surface area contributed by atoms with Crippen LogP contribution in [0.25, 0.3) is 0 Å². The van der Waals surface area contributed by atoms with E-state index in [2.05, 4.69) is 38.8 Å². The van der Waals surface area contributed by atoms with Crippen LogP contribution < -0.4 is 0 Å². The molecule has 0 radical (unpaired) electrons. The summed E-state index contributed by atoms with van der Waals surface area (Å²) in [5.74, 6) is 4.40. The molecule has 0 amide bonds. The molecule has 0 aromatic carbocycles. The van der Waals surface area contributed by atoms with Crippen LogP contribution in [0.3, 0.4) is 0 Å². The van der Waals surface area contributed by atoms with Crippen molar-refractivity contribution in [3.8, 4) is 0 Å². The molecule has 3 nitrogen and oxygen atoms in total. The molecule has 0 aromatic rings. The summed E-state index contributed by atoms with van der Waals surface area (Å²) in [4.78, 5) is 16.7. The number of fused-ring (bicyclic) bond motifs is 5. The highest BCUT2D eigenvalue weighted by Crippen LogP contribution is 2.67. The summed E-state index contributed by atoms with van der Waals surface area (Å²) >= 11 is 0. The molecule has 4 aliphatic carbocycles. The first kappa shape index (κ1) is 25.3. The monoisotopic (exact) mass is 479 g/mol. The van der Waals surface area contributed by atoms with Crippen LogP contribution in [0.5, 0.6) is 0 Å². The van der Waals surface area contributed by atoms with Crippen LogP contribution in [0, 0.1) is 40.4 Å². The van der Waals surface area contributed by atoms with Crippen molar-refractivity contribution in [2.75, 3.05) is 0 Å². The highest BCUT2D eigenvalue weighted by molar-refractivity contribution is 5.71. The smallest absolute Gasteiger partial charge is 0.306 e. The van der Waals surface area contributed by atoms with Crippen molar-refractivity contribution in [1.82, 2.24) is 0 Å². The Labute approximate surface area is 214 Å². The summed E-state index contributed by atoms with van der Waals surface area (Å²) in [6.45, 7) is 10.1. The normalized spacial score (nSPS) is 40.9. The lowest BCUT2D eigenvalue weighted by molar-refractivity contribution is -0.151. The molecule has 5 rings (SSSR count). The lowest BCUT2D eigenvalue weighted by Gasteiger charge is -2.58. The summed E-state index contributed by atoms with van der Waals surface area (Å²) in [7, 11) is 0. The van der Waals surface area contributed by atoms with Crippen LogP contribution in [0.15, 0.2) is 28.4 Å². The Morgan fingerprint density at radius 2 is 2.03 bits per heavy atom. The Kier molecular flexibility index (Phi) is 7.35. The first-order valence-electron chi connectivity index (χ1n) is 14.9. The number of rotatable bonds is 8. The third-order valence-electron chi connectivity index (χ3n) is 11.5. The molecule has 35 heavy (non-hydrogen) atoms. The number of esters is 1. The Morgan fingerprint density at radius 3 is 2.80 bits per heavy atom. The molecule has 8 unspecified atom stereocenters.